The van der Waals surface area contributed by atoms with E-state index in [1.165, 1.54) is 5.57 Å². The van der Waals surface area contributed by atoms with Gasteiger partial charge in [-0.25, -0.2) is 8.78 Å². The van der Waals surface area contributed by atoms with Gasteiger partial charge in [-0.1, -0.05) is 38.3 Å². The van der Waals surface area contributed by atoms with Crippen molar-refractivity contribution in [2.75, 3.05) is 6.93 Å². The van der Waals surface area contributed by atoms with E-state index >= 15 is 0 Å². The molecule has 0 saturated heterocycles. The largest absolute Gasteiger partial charge is 0.229 e. The van der Waals surface area contributed by atoms with Gasteiger partial charge in [-0.2, -0.15) is 0 Å². The zero-order chi connectivity index (χ0) is 9.11. The molecule has 0 aromatic carbocycles. The highest BCUT2D eigenvalue weighted by atomic mass is 19.3. The van der Waals surface area contributed by atoms with E-state index in [-0.39, 0.29) is 0 Å². The minimum absolute atomic E-state index is 1.04. The van der Waals surface area contributed by atoms with Crippen LogP contribution in [0.15, 0.2) is 37.0 Å². The van der Waals surface area contributed by atoms with Crippen LogP contribution in [0.4, 0.5) is 8.78 Å². The molecule has 0 aliphatic heterocycles. The molecule has 0 aromatic heterocycles. The summed E-state index contributed by atoms with van der Waals surface area (Å²) in [6, 6.07) is 0. The number of alkyl halides is 2. The molecular formula is C9H14F2. The molecular weight excluding hydrogens is 146 g/mol. The van der Waals surface area contributed by atoms with E-state index in [4.69, 9.17) is 0 Å². The Morgan fingerprint density at radius 1 is 1.36 bits per heavy atom. The topological polar surface area (TPSA) is 0 Å². The summed E-state index contributed by atoms with van der Waals surface area (Å²) in [5.41, 5.74) is 1.24. The smallest absolute Gasteiger partial charge is 0.214 e. The van der Waals surface area contributed by atoms with Crippen LogP contribution in [-0.2, 0) is 0 Å². The molecule has 0 fully saturated rings. The maximum absolute atomic E-state index is 9.62. The maximum atomic E-state index is 9.62. The van der Waals surface area contributed by atoms with E-state index in [1.54, 1.807) is 6.08 Å². The van der Waals surface area contributed by atoms with Gasteiger partial charge in [0, 0.05) is 0 Å². The van der Waals surface area contributed by atoms with Crippen LogP contribution >= 0.6 is 0 Å². The van der Waals surface area contributed by atoms with Gasteiger partial charge in [0.1, 0.15) is 0 Å². The Morgan fingerprint density at radius 3 is 1.91 bits per heavy atom. The van der Waals surface area contributed by atoms with Crippen molar-refractivity contribution in [2.45, 2.75) is 13.3 Å². The molecule has 11 heavy (non-hydrogen) atoms. The van der Waals surface area contributed by atoms with Crippen LogP contribution < -0.4 is 0 Å². The van der Waals surface area contributed by atoms with Crippen molar-refractivity contribution in [1.29, 1.82) is 0 Å². The van der Waals surface area contributed by atoms with Gasteiger partial charge in [-0.05, 0) is 12.0 Å². The summed E-state index contributed by atoms with van der Waals surface area (Å²) in [4.78, 5) is 0. The molecule has 0 atom stereocenters. The number of rotatable bonds is 3. The molecule has 0 amide bonds. The molecule has 0 saturated carbocycles. The minimum Gasteiger partial charge on any atom is -0.214 e. The summed E-state index contributed by atoms with van der Waals surface area (Å²) in [5, 5.41) is 0. The second-order valence-electron chi connectivity index (χ2n) is 1.64. The summed E-state index contributed by atoms with van der Waals surface area (Å²) < 4.78 is 19.2. The molecule has 0 heterocycles. The standard InChI is InChI=1S/C8H12.CH2F2/c1-4-7-8(5-2)6-3;2-1-3/h4-5,7H,1-2,6H2,3H3;1H2/b8-7+;. The highest BCUT2D eigenvalue weighted by Gasteiger charge is 1.79. The lowest BCUT2D eigenvalue weighted by atomic mass is 10.2. The highest BCUT2D eigenvalue weighted by Crippen LogP contribution is 1.99. The number of halogens is 2. The Kier molecular flexibility index (Phi) is 13.7. The zero-order valence-electron chi connectivity index (χ0n) is 6.82. The van der Waals surface area contributed by atoms with E-state index in [2.05, 4.69) is 20.1 Å². The maximum Gasteiger partial charge on any atom is 0.229 e. The van der Waals surface area contributed by atoms with Crippen LogP contribution in [0.2, 0.25) is 0 Å². The molecule has 0 nitrogen and oxygen atoms in total. The predicted octanol–water partition coefficient (Wildman–Crippen LogP) is 3.58. The third-order valence-corrected chi connectivity index (χ3v) is 1.00. The molecule has 0 spiro atoms. The monoisotopic (exact) mass is 160 g/mol. The molecule has 0 rings (SSSR count). The molecule has 0 bridgehead atoms. The highest BCUT2D eigenvalue weighted by molar-refractivity contribution is 5.20. The Hall–Kier alpha value is -0.920. The van der Waals surface area contributed by atoms with E-state index < -0.39 is 6.93 Å². The summed E-state index contributed by atoms with van der Waals surface area (Å²) >= 11 is 0. The van der Waals surface area contributed by atoms with Crippen LogP contribution in [0, 0.1) is 0 Å². The van der Waals surface area contributed by atoms with Gasteiger partial charge in [0.15, 0.2) is 0 Å². The lowest BCUT2D eigenvalue weighted by molar-refractivity contribution is 0.295. The summed E-state index contributed by atoms with van der Waals surface area (Å²) in [7, 11) is 0. The third-order valence-electron chi connectivity index (χ3n) is 1.00. The second kappa shape index (κ2) is 11.8. The van der Waals surface area contributed by atoms with Gasteiger partial charge in [0.05, 0.1) is 0 Å². The summed E-state index contributed by atoms with van der Waals surface area (Å²) in [5.74, 6) is 0. The van der Waals surface area contributed by atoms with Gasteiger partial charge in [-0.15, -0.1) is 0 Å². The molecule has 0 radical (unpaired) electrons. The van der Waals surface area contributed by atoms with Crippen LogP contribution in [0.3, 0.4) is 0 Å². The molecule has 2 heteroatoms. The normalized spacial score (nSPS) is 9.55. The van der Waals surface area contributed by atoms with Crippen molar-refractivity contribution in [3.8, 4) is 0 Å². The first-order valence-corrected chi connectivity index (χ1v) is 3.32. The molecule has 0 N–H and O–H groups in total. The van der Waals surface area contributed by atoms with Gasteiger partial charge in [0.2, 0.25) is 6.93 Å². The average Bonchev–Trinajstić information content (AvgIpc) is 2.02. The fourth-order valence-electron chi connectivity index (χ4n) is 0.482. The lowest BCUT2D eigenvalue weighted by Gasteiger charge is -1.89. The van der Waals surface area contributed by atoms with Gasteiger partial charge >= 0.3 is 0 Å². The van der Waals surface area contributed by atoms with Crippen LogP contribution in [0.5, 0.6) is 0 Å². The molecule has 0 unspecified atom stereocenters. The molecule has 0 aliphatic rings. The first-order chi connectivity index (χ1) is 5.26. The van der Waals surface area contributed by atoms with Gasteiger partial charge in [-0.3, -0.25) is 0 Å². The van der Waals surface area contributed by atoms with Crippen molar-refractivity contribution < 1.29 is 8.78 Å². The molecule has 0 aromatic rings. The van der Waals surface area contributed by atoms with Crippen LogP contribution in [-0.4, -0.2) is 6.93 Å². The SMILES string of the molecule is C=C/C=C(\C=C)CC.FCF. The third kappa shape index (κ3) is 12.3. The van der Waals surface area contributed by atoms with E-state index in [1.807, 2.05) is 12.2 Å². The summed E-state index contributed by atoms with van der Waals surface area (Å²) in [6.07, 6.45) is 6.63. The van der Waals surface area contributed by atoms with E-state index in [0.717, 1.165) is 6.42 Å². The Labute approximate surface area is 66.9 Å². The Morgan fingerprint density at radius 2 is 1.82 bits per heavy atom. The minimum atomic E-state index is -1.75. The fourth-order valence-corrected chi connectivity index (χ4v) is 0.482. The Bertz CT molecular complexity index is 126. The lowest BCUT2D eigenvalue weighted by Crippen LogP contribution is -1.68. The average molecular weight is 160 g/mol. The first-order valence-electron chi connectivity index (χ1n) is 3.32. The predicted molar refractivity (Wildman–Crippen MR) is 45.9 cm³/mol. The van der Waals surface area contributed by atoms with Gasteiger partial charge in [0.25, 0.3) is 0 Å². The van der Waals surface area contributed by atoms with Crippen molar-refractivity contribution >= 4 is 0 Å². The van der Waals surface area contributed by atoms with Gasteiger partial charge < -0.3 is 0 Å². The van der Waals surface area contributed by atoms with Crippen LogP contribution in [0.1, 0.15) is 13.3 Å². The zero-order valence-corrected chi connectivity index (χ0v) is 6.82. The van der Waals surface area contributed by atoms with E-state index in [0.29, 0.717) is 0 Å². The van der Waals surface area contributed by atoms with Crippen molar-refractivity contribution in [3.63, 3.8) is 0 Å². The quantitative estimate of drug-likeness (QED) is 0.553. The molecule has 64 valence electrons. The number of hydrogen-bond acceptors (Lipinski definition) is 0. The second-order valence-corrected chi connectivity index (χ2v) is 1.64. The molecule has 0 aliphatic carbocycles. The van der Waals surface area contributed by atoms with Crippen molar-refractivity contribution in [2.24, 2.45) is 0 Å². The van der Waals surface area contributed by atoms with Crippen LogP contribution in [0.25, 0.3) is 0 Å². The van der Waals surface area contributed by atoms with Crippen molar-refractivity contribution in [3.05, 3.63) is 37.0 Å². The number of hydrogen-bond donors (Lipinski definition) is 0. The Balaban J connectivity index is 0. The fraction of sp³-hybridized carbons (Fsp3) is 0.333. The summed E-state index contributed by atoms with van der Waals surface area (Å²) in [6.45, 7) is 7.55. The van der Waals surface area contributed by atoms with Crippen molar-refractivity contribution in [1.82, 2.24) is 0 Å². The number of allylic oxidation sites excluding steroid dienone is 4. The van der Waals surface area contributed by atoms with E-state index in [9.17, 15) is 8.78 Å². The first kappa shape index (κ1) is 12.7.